The smallest absolute Gasteiger partial charge is 0.264 e. The summed E-state index contributed by atoms with van der Waals surface area (Å²) in [4.78, 5) is 10.2. The summed E-state index contributed by atoms with van der Waals surface area (Å²) in [5, 5.41) is 5.67. The fraction of sp³-hybridized carbons (Fsp3) is 0. The number of aromatic nitrogens is 2. The number of hydrogen-bond acceptors (Lipinski definition) is 2. The van der Waals surface area contributed by atoms with E-state index < -0.39 is 0 Å². The van der Waals surface area contributed by atoms with Crippen molar-refractivity contribution in [2.24, 2.45) is 0 Å². The van der Waals surface area contributed by atoms with Gasteiger partial charge in [0.25, 0.3) is 5.56 Å². The number of H-pyrrole nitrogens is 1. The van der Waals surface area contributed by atoms with Gasteiger partial charge in [-0.2, -0.15) is 5.10 Å². The van der Waals surface area contributed by atoms with E-state index in [1.165, 1.54) is 12.3 Å². The molecule has 0 spiro atoms. The summed E-state index contributed by atoms with van der Waals surface area (Å²) < 4.78 is 0. The molecule has 0 aliphatic rings. The number of nitrogens with zero attached hydrogens (tertiary/aromatic N) is 1. The van der Waals surface area contributed by atoms with Crippen molar-refractivity contribution in [1.82, 2.24) is 10.2 Å². The summed E-state index contributed by atoms with van der Waals surface area (Å²) in [6.07, 6.45) is 1.52. The molecule has 1 heterocycles. The maximum absolute atomic E-state index is 10.2. The second kappa shape index (κ2) is 3.52. The predicted octanol–water partition coefficient (Wildman–Crippen LogP) is -0.233. The topological polar surface area (TPSA) is 45.8 Å². The van der Waals surface area contributed by atoms with Gasteiger partial charge < -0.3 is 0 Å². The largest absolute Gasteiger partial charge is 0.268 e. The molecule has 0 atom stereocenters. The normalized spacial score (nSPS) is 7.50. The van der Waals surface area contributed by atoms with E-state index in [1.807, 2.05) is 0 Å². The molecular formula is C4H4IrN2O. The average Bonchev–Trinajstić information content (AvgIpc) is 1.69. The minimum Gasteiger partial charge on any atom is -0.268 e. The van der Waals surface area contributed by atoms with Crippen LogP contribution in [0.25, 0.3) is 0 Å². The number of rotatable bonds is 0. The first kappa shape index (κ1) is 7.53. The third-order valence-electron chi connectivity index (χ3n) is 0.583. The quantitative estimate of drug-likeness (QED) is 0.717. The van der Waals surface area contributed by atoms with Gasteiger partial charge in [0.05, 0.1) is 0 Å². The Morgan fingerprint density at radius 2 is 2.38 bits per heavy atom. The van der Waals surface area contributed by atoms with Crippen LogP contribution < -0.4 is 5.56 Å². The van der Waals surface area contributed by atoms with Crippen molar-refractivity contribution in [2.75, 3.05) is 0 Å². The van der Waals surface area contributed by atoms with Crippen molar-refractivity contribution < 1.29 is 20.1 Å². The molecule has 0 aromatic carbocycles. The molecule has 8 heavy (non-hydrogen) atoms. The molecule has 0 aliphatic carbocycles. The molecule has 1 aromatic rings. The van der Waals surface area contributed by atoms with E-state index in [0.29, 0.717) is 0 Å². The van der Waals surface area contributed by atoms with Crippen molar-refractivity contribution in [3.05, 3.63) is 28.7 Å². The molecule has 1 radical (unpaired) electrons. The minimum absolute atomic E-state index is 0. The first-order chi connectivity index (χ1) is 3.39. The molecule has 45 valence electrons. The first-order valence-electron chi connectivity index (χ1n) is 1.89. The van der Waals surface area contributed by atoms with E-state index >= 15 is 0 Å². The molecule has 0 amide bonds. The molecule has 1 N–H and O–H groups in total. The molecule has 4 heteroatoms. The van der Waals surface area contributed by atoms with Crippen LogP contribution in [-0.4, -0.2) is 10.2 Å². The van der Waals surface area contributed by atoms with Crippen LogP contribution in [0.1, 0.15) is 0 Å². The summed E-state index contributed by atoms with van der Waals surface area (Å²) in [5.74, 6) is 0. The Morgan fingerprint density at radius 3 is 2.62 bits per heavy atom. The van der Waals surface area contributed by atoms with Gasteiger partial charge in [0, 0.05) is 32.4 Å². The van der Waals surface area contributed by atoms with Crippen LogP contribution in [0.2, 0.25) is 0 Å². The molecule has 0 saturated heterocycles. The van der Waals surface area contributed by atoms with Crippen molar-refractivity contribution >= 4 is 0 Å². The van der Waals surface area contributed by atoms with Gasteiger partial charge in [-0.25, -0.2) is 5.10 Å². The zero-order valence-electron chi connectivity index (χ0n) is 3.92. The van der Waals surface area contributed by atoms with Crippen molar-refractivity contribution in [1.29, 1.82) is 0 Å². The predicted molar refractivity (Wildman–Crippen MR) is 24.9 cm³/mol. The molecule has 1 aromatic heterocycles. The number of aromatic amines is 1. The molecule has 0 unspecified atom stereocenters. The Balaban J connectivity index is 0.000000490. The second-order valence-corrected chi connectivity index (χ2v) is 1.11. The van der Waals surface area contributed by atoms with E-state index in [0.717, 1.165) is 0 Å². The fourth-order valence-corrected chi connectivity index (χ4v) is 0.312. The molecule has 0 saturated carbocycles. The van der Waals surface area contributed by atoms with Crippen LogP contribution in [0.3, 0.4) is 0 Å². The van der Waals surface area contributed by atoms with Crippen LogP contribution in [0.15, 0.2) is 23.1 Å². The maximum atomic E-state index is 10.2. The third kappa shape index (κ3) is 2.00. The minimum atomic E-state index is -0.164. The standard InChI is InChI=1S/C4H4N2O.Ir/c7-4-2-1-3-5-6-4;/h1-3H,(H,6,7);. The van der Waals surface area contributed by atoms with Gasteiger partial charge in [-0.15, -0.1) is 0 Å². The van der Waals surface area contributed by atoms with Crippen molar-refractivity contribution in [2.45, 2.75) is 0 Å². The molecule has 1 rings (SSSR count). The van der Waals surface area contributed by atoms with E-state index in [-0.39, 0.29) is 25.7 Å². The summed E-state index contributed by atoms with van der Waals surface area (Å²) >= 11 is 0. The van der Waals surface area contributed by atoms with Gasteiger partial charge in [-0.1, -0.05) is 0 Å². The fourth-order valence-electron chi connectivity index (χ4n) is 0.312. The van der Waals surface area contributed by atoms with Gasteiger partial charge in [-0.05, 0) is 6.07 Å². The number of nitrogens with one attached hydrogen (secondary N) is 1. The third-order valence-corrected chi connectivity index (χ3v) is 0.583. The number of hydrogen-bond donors (Lipinski definition) is 1. The molecule has 0 aliphatic heterocycles. The Kier molecular flexibility index (Phi) is 3.31. The summed E-state index contributed by atoms with van der Waals surface area (Å²) in [6.45, 7) is 0. The summed E-state index contributed by atoms with van der Waals surface area (Å²) in [7, 11) is 0. The molecular weight excluding hydrogens is 284 g/mol. The van der Waals surface area contributed by atoms with E-state index in [4.69, 9.17) is 0 Å². The second-order valence-electron chi connectivity index (χ2n) is 1.11. The molecule has 0 fully saturated rings. The van der Waals surface area contributed by atoms with Gasteiger partial charge in [0.2, 0.25) is 0 Å². The van der Waals surface area contributed by atoms with Crippen LogP contribution in [0.4, 0.5) is 0 Å². The monoisotopic (exact) mass is 289 g/mol. The van der Waals surface area contributed by atoms with Crippen LogP contribution in [-0.2, 0) is 20.1 Å². The van der Waals surface area contributed by atoms with Gasteiger partial charge >= 0.3 is 0 Å². The van der Waals surface area contributed by atoms with Gasteiger partial charge in [0.15, 0.2) is 0 Å². The molecule has 3 nitrogen and oxygen atoms in total. The van der Waals surface area contributed by atoms with Crippen molar-refractivity contribution in [3.8, 4) is 0 Å². The zero-order valence-corrected chi connectivity index (χ0v) is 6.32. The summed E-state index contributed by atoms with van der Waals surface area (Å²) in [6, 6.07) is 2.99. The van der Waals surface area contributed by atoms with Crippen molar-refractivity contribution in [3.63, 3.8) is 0 Å². The van der Waals surface area contributed by atoms with E-state index in [9.17, 15) is 4.79 Å². The van der Waals surface area contributed by atoms with Gasteiger partial charge in [0.1, 0.15) is 0 Å². The average molecular weight is 288 g/mol. The van der Waals surface area contributed by atoms with Gasteiger partial charge in [-0.3, -0.25) is 4.79 Å². The Hall–Kier alpha value is -0.471. The summed E-state index contributed by atoms with van der Waals surface area (Å²) in [5.41, 5.74) is -0.164. The Labute approximate surface area is 59.5 Å². The van der Waals surface area contributed by atoms with E-state index in [2.05, 4.69) is 10.2 Å². The van der Waals surface area contributed by atoms with Crippen LogP contribution in [0.5, 0.6) is 0 Å². The van der Waals surface area contributed by atoms with Crippen LogP contribution in [0, 0.1) is 0 Å². The van der Waals surface area contributed by atoms with Crippen LogP contribution >= 0.6 is 0 Å². The molecule has 0 bridgehead atoms. The maximum Gasteiger partial charge on any atom is 0.264 e. The Morgan fingerprint density at radius 1 is 1.62 bits per heavy atom. The Bertz CT molecular complexity index is 180. The van der Waals surface area contributed by atoms with E-state index in [1.54, 1.807) is 6.07 Å². The SMILES string of the molecule is O=c1cccn[nH]1.[Ir]. The zero-order chi connectivity index (χ0) is 5.11. The first-order valence-corrected chi connectivity index (χ1v) is 1.89.